The van der Waals surface area contributed by atoms with Gasteiger partial charge in [0.15, 0.2) is 0 Å². The highest BCUT2D eigenvalue weighted by Gasteiger charge is 2.39. The van der Waals surface area contributed by atoms with Gasteiger partial charge in [-0.3, -0.25) is 14.5 Å². The molecule has 0 fully saturated rings. The summed E-state index contributed by atoms with van der Waals surface area (Å²) in [5.41, 5.74) is 5.67. The number of anilines is 1. The van der Waals surface area contributed by atoms with Crippen molar-refractivity contribution in [3.05, 3.63) is 70.4 Å². The fraction of sp³-hybridized carbons (Fsp3) is 0.304. The second-order valence-electron chi connectivity index (χ2n) is 6.98. The smallest absolute Gasteiger partial charge is 0.278 e. The van der Waals surface area contributed by atoms with Gasteiger partial charge in [0.1, 0.15) is 5.70 Å². The molecule has 0 radical (unpaired) electrons. The van der Waals surface area contributed by atoms with Crippen LogP contribution in [-0.4, -0.2) is 37.0 Å². The predicted octanol–water partition coefficient (Wildman–Crippen LogP) is 3.70. The van der Waals surface area contributed by atoms with E-state index < -0.39 is 0 Å². The monoisotopic (exact) mass is 378 g/mol. The normalized spacial score (nSPS) is 14.2. The molecule has 5 nitrogen and oxygen atoms in total. The molecule has 2 aromatic rings. The summed E-state index contributed by atoms with van der Waals surface area (Å²) in [6.45, 7) is 6.64. The van der Waals surface area contributed by atoms with Crippen molar-refractivity contribution in [3.63, 3.8) is 0 Å². The zero-order chi connectivity index (χ0) is 20.3. The number of methoxy groups -OCH3 is 1. The molecule has 2 amide bonds. The minimum absolute atomic E-state index is 0.225. The van der Waals surface area contributed by atoms with Gasteiger partial charge in [-0.1, -0.05) is 37.3 Å². The van der Waals surface area contributed by atoms with E-state index in [0.29, 0.717) is 17.9 Å². The molecule has 1 aliphatic heterocycles. The van der Waals surface area contributed by atoms with Crippen molar-refractivity contribution in [1.29, 1.82) is 0 Å². The van der Waals surface area contributed by atoms with Crippen LogP contribution in [0.4, 0.5) is 5.69 Å². The highest BCUT2D eigenvalue weighted by Crippen LogP contribution is 2.31. The highest BCUT2D eigenvalue weighted by atomic mass is 16.5. The van der Waals surface area contributed by atoms with E-state index in [1.165, 1.54) is 10.5 Å². The van der Waals surface area contributed by atoms with Crippen molar-refractivity contribution in [3.8, 4) is 0 Å². The zero-order valence-corrected chi connectivity index (χ0v) is 16.8. The van der Waals surface area contributed by atoms with Crippen molar-refractivity contribution in [2.45, 2.75) is 27.2 Å². The third-order valence-corrected chi connectivity index (χ3v) is 5.11. The Hall–Kier alpha value is -2.92. The molecule has 0 spiro atoms. The summed E-state index contributed by atoms with van der Waals surface area (Å²) < 4.78 is 5.07. The summed E-state index contributed by atoms with van der Waals surface area (Å²) in [6, 6.07) is 13.7. The van der Waals surface area contributed by atoms with Crippen LogP contribution in [0.1, 0.15) is 29.2 Å². The lowest BCUT2D eigenvalue weighted by atomic mass is 9.99. The van der Waals surface area contributed by atoms with E-state index in [9.17, 15) is 9.59 Å². The summed E-state index contributed by atoms with van der Waals surface area (Å²) in [4.78, 5) is 27.3. The molecule has 1 heterocycles. The van der Waals surface area contributed by atoms with Gasteiger partial charge in [-0.25, -0.2) is 0 Å². The number of rotatable bonds is 7. The number of benzene rings is 2. The number of carbonyl (C=O) groups excluding carboxylic acids is 2. The molecule has 0 unspecified atom stereocenters. The standard InChI is InChI=1S/C23H26N2O3/c1-5-17-7-10-19(11-8-17)24-21-20(18-9-6-15(2)16(3)14-18)22(26)25(23(21)27)12-13-28-4/h6-11,14,24H,5,12-13H2,1-4H3. The van der Waals surface area contributed by atoms with E-state index in [1.807, 2.05) is 56.3 Å². The topological polar surface area (TPSA) is 58.6 Å². The van der Waals surface area contributed by atoms with Gasteiger partial charge in [0.25, 0.3) is 11.8 Å². The van der Waals surface area contributed by atoms with Crippen LogP contribution in [0.15, 0.2) is 48.2 Å². The molecule has 0 saturated heterocycles. The van der Waals surface area contributed by atoms with Gasteiger partial charge in [-0.2, -0.15) is 0 Å². The maximum absolute atomic E-state index is 13.1. The molecular formula is C23H26N2O3. The third-order valence-electron chi connectivity index (χ3n) is 5.11. The van der Waals surface area contributed by atoms with Crippen LogP contribution in [0.25, 0.3) is 5.57 Å². The first-order valence-corrected chi connectivity index (χ1v) is 9.49. The third kappa shape index (κ3) is 3.85. The second-order valence-corrected chi connectivity index (χ2v) is 6.98. The lowest BCUT2D eigenvalue weighted by Gasteiger charge is -2.14. The van der Waals surface area contributed by atoms with Gasteiger partial charge in [0.05, 0.1) is 18.7 Å². The Labute approximate surface area is 166 Å². The molecule has 2 aromatic carbocycles. The minimum Gasteiger partial charge on any atom is -0.383 e. The van der Waals surface area contributed by atoms with E-state index in [-0.39, 0.29) is 18.4 Å². The van der Waals surface area contributed by atoms with Gasteiger partial charge >= 0.3 is 0 Å². The summed E-state index contributed by atoms with van der Waals surface area (Å²) in [6.07, 6.45) is 0.944. The summed E-state index contributed by atoms with van der Waals surface area (Å²) >= 11 is 0. The van der Waals surface area contributed by atoms with Crippen molar-refractivity contribution >= 4 is 23.1 Å². The van der Waals surface area contributed by atoms with Crippen LogP contribution < -0.4 is 5.32 Å². The molecule has 1 aliphatic rings. The predicted molar refractivity (Wildman–Crippen MR) is 111 cm³/mol. The number of hydrogen-bond donors (Lipinski definition) is 1. The number of nitrogens with one attached hydrogen (secondary N) is 1. The van der Waals surface area contributed by atoms with E-state index in [1.54, 1.807) is 7.11 Å². The van der Waals surface area contributed by atoms with E-state index in [4.69, 9.17) is 4.74 Å². The highest BCUT2D eigenvalue weighted by molar-refractivity contribution is 6.36. The van der Waals surface area contributed by atoms with E-state index in [0.717, 1.165) is 28.8 Å². The van der Waals surface area contributed by atoms with Crippen LogP contribution in [0.2, 0.25) is 0 Å². The first-order chi connectivity index (χ1) is 13.5. The molecule has 1 N–H and O–H groups in total. The van der Waals surface area contributed by atoms with Gasteiger partial charge in [0.2, 0.25) is 0 Å². The summed E-state index contributed by atoms with van der Waals surface area (Å²) in [5, 5.41) is 3.19. The maximum Gasteiger partial charge on any atom is 0.278 e. The SMILES string of the molecule is CCc1ccc(NC2=C(c3ccc(C)c(C)c3)C(=O)N(CCOC)C2=O)cc1. The number of imide groups is 1. The molecule has 0 saturated carbocycles. The number of nitrogens with zero attached hydrogens (tertiary/aromatic N) is 1. The molecule has 0 aliphatic carbocycles. The van der Waals surface area contributed by atoms with Crippen LogP contribution in [0.3, 0.4) is 0 Å². The Morgan fingerprint density at radius 2 is 1.68 bits per heavy atom. The first kappa shape index (κ1) is 19.8. The van der Waals surface area contributed by atoms with Crippen LogP contribution >= 0.6 is 0 Å². The average molecular weight is 378 g/mol. The lowest BCUT2D eigenvalue weighted by Crippen LogP contribution is -2.35. The molecule has 0 atom stereocenters. The van der Waals surface area contributed by atoms with Gasteiger partial charge < -0.3 is 10.1 Å². The Morgan fingerprint density at radius 3 is 2.29 bits per heavy atom. The Kier molecular flexibility index (Phi) is 5.95. The van der Waals surface area contributed by atoms with Crippen molar-refractivity contribution in [2.24, 2.45) is 0 Å². The molecular weight excluding hydrogens is 352 g/mol. The molecule has 3 rings (SSSR count). The fourth-order valence-electron chi connectivity index (χ4n) is 3.21. The molecule has 0 bridgehead atoms. The van der Waals surface area contributed by atoms with Crippen molar-refractivity contribution < 1.29 is 14.3 Å². The van der Waals surface area contributed by atoms with Crippen molar-refractivity contribution in [1.82, 2.24) is 4.90 Å². The first-order valence-electron chi connectivity index (χ1n) is 9.49. The number of carbonyl (C=O) groups is 2. The summed E-state index contributed by atoms with van der Waals surface area (Å²) in [5.74, 6) is -0.618. The zero-order valence-electron chi connectivity index (χ0n) is 16.8. The number of amides is 2. The van der Waals surface area contributed by atoms with Crippen LogP contribution in [0.5, 0.6) is 0 Å². The maximum atomic E-state index is 13.1. The quantitative estimate of drug-likeness (QED) is 0.747. The number of ether oxygens (including phenoxy) is 1. The Balaban J connectivity index is 2.03. The van der Waals surface area contributed by atoms with Crippen LogP contribution in [0, 0.1) is 13.8 Å². The number of aryl methyl sites for hydroxylation is 3. The lowest BCUT2D eigenvalue weighted by molar-refractivity contribution is -0.137. The van der Waals surface area contributed by atoms with Gasteiger partial charge in [0, 0.05) is 12.8 Å². The van der Waals surface area contributed by atoms with Crippen LogP contribution in [-0.2, 0) is 20.7 Å². The van der Waals surface area contributed by atoms with Gasteiger partial charge in [-0.15, -0.1) is 0 Å². The Morgan fingerprint density at radius 1 is 0.964 bits per heavy atom. The molecule has 5 heteroatoms. The van der Waals surface area contributed by atoms with E-state index >= 15 is 0 Å². The molecule has 146 valence electrons. The molecule has 0 aromatic heterocycles. The fourth-order valence-corrected chi connectivity index (χ4v) is 3.21. The van der Waals surface area contributed by atoms with Crippen molar-refractivity contribution in [2.75, 3.05) is 25.6 Å². The second kappa shape index (κ2) is 8.40. The average Bonchev–Trinajstić information content (AvgIpc) is 2.92. The minimum atomic E-state index is -0.324. The Bertz CT molecular complexity index is 929. The number of hydrogen-bond acceptors (Lipinski definition) is 4. The van der Waals surface area contributed by atoms with Gasteiger partial charge in [-0.05, 0) is 54.7 Å². The largest absolute Gasteiger partial charge is 0.383 e. The summed E-state index contributed by atoms with van der Waals surface area (Å²) in [7, 11) is 1.55. The molecule has 28 heavy (non-hydrogen) atoms. The van der Waals surface area contributed by atoms with E-state index in [2.05, 4.69) is 12.2 Å².